The molecule has 0 aliphatic rings. The Bertz CT molecular complexity index is 737. The van der Waals surface area contributed by atoms with Crippen molar-refractivity contribution in [3.05, 3.63) is 60.8 Å². The lowest BCUT2D eigenvalue weighted by atomic mass is 10.2. The molecule has 0 aromatic carbocycles. The quantitative estimate of drug-likeness (QED) is 0.0924. The highest BCUT2D eigenvalue weighted by Gasteiger charge is 2.29. The Kier molecular flexibility index (Phi) is 21.3. The number of hydrogen-bond donors (Lipinski definition) is 0. The van der Waals surface area contributed by atoms with E-state index in [-0.39, 0.29) is 0 Å². The molecule has 5 nitrogen and oxygen atoms in total. The third kappa shape index (κ3) is 21.4. The van der Waals surface area contributed by atoms with Crippen molar-refractivity contribution in [1.82, 2.24) is 0 Å². The smallest absolute Gasteiger partial charge is 0.347 e. The molecule has 0 aliphatic heterocycles. The van der Waals surface area contributed by atoms with Crippen LogP contribution in [0.4, 0.5) is 0 Å². The molecule has 0 aliphatic carbocycles. The second kappa shape index (κ2) is 22.8. The maximum Gasteiger partial charge on any atom is 0.347 e. The first-order chi connectivity index (χ1) is 17.7. The van der Waals surface area contributed by atoms with Gasteiger partial charge in [-0.05, 0) is 85.0 Å². The number of allylic oxidation sites excluding steroid dienone is 10. The zero-order valence-corrected chi connectivity index (χ0v) is 24.2. The topological polar surface area (TPSA) is 61.8 Å². The fourth-order valence-corrected chi connectivity index (χ4v) is 3.19. The monoisotopic (exact) mass is 516 g/mol. The van der Waals surface area contributed by atoms with E-state index < -0.39 is 29.7 Å². The van der Waals surface area contributed by atoms with Crippen LogP contribution in [0.2, 0.25) is 0 Å². The number of ether oxygens (including phenoxy) is 3. The average molecular weight is 517 g/mol. The molecule has 0 radical (unpaired) electrons. The van der Waals surface area contributed by atoms with Gasteiger partial charge < -0.3 is 14.2 Å². The molecule has 5 heteroatoms. The van der Waals surface area contributed by atoms with E-state index >= 15 is 0 Å². The SMILES string of the molecule is CC/C=C\C/C=C\C/C=C\C/C=C\C/C=C\CCCCOC(CC)C(=O)OC(CC)C(=O)OC(C)(C)C. The van der Waals surface area contributed by atoms with E-state index in [2.05, 4.69) is 67.7 Å². The molecule has 0 aromatic rings. The molecule has 0 aromatic heterocycles. The van der Waals surface area contributed by atoms with Crippen molar-refractivity contribution >= 4 is 11.9 Å². The van der Waals surface area contributed by atoms with E-state index in [4.69, 9.17) is 14.2 Å². The molecule has 0 saturated heterocycles. The lowest BCUT2D eigenvalue weighted by Gasteiger charge is -2.24. The summed E-state index contributed by atoms with van der Waals surface area (Å²) >= 11 is 0. The molecule has 210 valence electrons. The molecule has 0 fully saturated rings. The predicted octanol–water partition coefficient (Wildman–Crippen LogP) is 8.37. The predicted molar refractivity (Wildman–Crippen MR) is 154 cm³/mol. The maximum absolute atomic E-state index is 12.5. The second-order valence-electron chi connectivity index (χ2n) is 9.84. The van der Waals surface area contributed by atoms with Crippen molar-refractivity contribution in [1.29, 1.82) is 0 Å². The van der Waals surface area contributed by atoms with Crippen LogP contribution in [0.25, 0.3) is 0 Å². The van der Waals surface area contributed by atoms with Crippen molar-refractivity contribution in [2.75, 3.05) is 6.61 Å². The molecule has 0 N–H and O–H groups in total. The molecular weight excluding hydrogens is 464 g/mol. The Morgan fingerprint density at radius 2 is 1.14 bits per heavy atom. The van der Waals surface area contributed by atoms with Crippen molar-refractivity contribution in [2.45, 2.75) is 124 Å². The Morgan fingerprint density at radius 3 is 1.59 bits per heavy atom. The summed E-state index contributed by atoms with van der Waals surface area (Å²) in [6.07, 6.45) is 29.1. The number of esters is 2. The minimum atomic E-state index is -0.903. The number of hydrogen-bond acceptors (Lipinski definition) is 5. The summed E-state index contributed by atoms with van der Waals surface area (Å²) in [5.41, 5.74) is -0.622. The first kappa shape index (κ1) is 34.6. The minimum Gasteiger partial charge on any atom is -0.457 e. The third-order valence-electron chi connectivity index (χ3n) is 5.17. The van der Waals surface area contributed by atoms with Gasteiger partial charge in [-0.1, -0.05) is 81.5 Å². The Balaban J connectivity index is 3.98. The Morgan fingerprint density at radius 1 is 0.649 bits per heavy atom. The minimum absolute atomic E-state index is 0.365. The van der Waals surface area contributed by atoms with Crippen molar-refractivity contribution in [3.8, 4) is 0 Å². The molecule has 0 amide bonds. The highest BCUT2D eigenvalue weighted by atomic mass is 16.6. The van der Waals surface area contributed by atoms with Crippen molar-refractivity contribution < 1.29 is 23.8 Å². The molecular formula is C32H52O5. The standard InChI is InChI=1S/C32H52O5/c1-7-10-11-12-13-14-15-16-17-18-19-20-21-22-23-24-25-26-27-35-28(8-2)30(33)36-29(9-3)31(34)37-32(4,5)6/h10-11,13-14,16-17,19-20,22-23,28-29H,7-9,12,15,18,21,24-27H2,1-6H3/b11-10-,14-13-,17-16-,20-19-,23-22-. The van der Waals surface area contributed by atoms with Gasteiger partial charge in [0, 0.05) is 6.61 Å². The summed E-state index contributed by atoms with van der Waals surface area (Å²) in [5, 5.41) is 0. The van der Waals surface area contributed by atoms with Crippen LogP contribution in [0, 0.1) is 0 Å². The maximum atomic E-state index is 12.5. The lowest BCUT2D eigenvalue weighted by molar-refractivity contribution is -0.181. The normalized spacial score (nSPS) is 14.4. The van der Waals surface area contributed by atoms with E-state index in [9.17, 15) is 9.59 Å². The van der Waals surface area contributed by atoms with Gasteiger partial charge in [-0.15, -0.1) is 0 Å². The van der Waals surface area contributed by atoms with Gasteiger partial charge in [-0.3, -0.25) is 0 Å². The van der Waals surface area contributed by atoms with Gasteiger partial charge in [0.2, 0.25) is 0 Å². The van der Waals surface area contributed by atoms with Gasteiger partial charge in [-0.25, -0.2) is 9.59 Å². The van der Waals surface area contributed by atoms with E-state index in [0.717, 1.165) is 51.4 Å². The van der Waals surface area contributed by atoms with Gasteiger partial charge in [0.05, 0.1) is 0 Å². The summed E-state index contributed by atoms with van der Waals surface area (Å²) in [6.45, 7) is 11.7. The van der Waals surface area contributed by atoms with Crippen LogP contribution in [0.15, 0.2) is 60.8 Å². The van der Waals surface area contributed by atoms with Gasteiger partial charge in [-0.2, -0.15) is 0 Å². The molecule has 0 heterocycles. The number of unbranched alkanes of at least 4 members (excludes halogenated alkanes) is 2. The zero-order valence-electron chi connectivity index (χ0n) is 24.2. The van der Waals surface area contributed by atoms with Crippen LogP contribution >= 0.6 is 0 Å². The van der Waals surface area contributed by atoms with Crippen LogP contribution < -0.4 is 0 Å². The third-order valence-corrected chi connectivity index (χ3v) is 5.17. The molecule has 2 unspecified atom stereocenters. The number of carbonyl (C=O) groups excluding carboxylic acids is 2. The average Bonchev–Trinajstić information content (AvgIpc) is 2.85. The first-order valence-corrected chi connectivity index (χ1v) is 14.0. The summed E-state index contributed by atoms with van der Waals surface area (Å²) in [4.78, 5) is 24.7. The highest BCUT2D eigenvalue weighted by Crippen LogP contribution is 2.14. The van der Waals surface area contributed by atoms with Gasteiger partial charge in [0.1, 0.15) is 5.60 Å². The molecule has 0 spiro atoms. The molecule has 37 heavy (non-hydrogen) atoms. The van der Waals surface area contributed by atoms with Crippen LogP contribution in [-0.2, 0) is 23.8 Å². The van der Waals surface area contributed by atoms with Gasteiger partial charge in [0.15, 0.2) is 12.2 Å². The van der Waals surface area contributed by atoms with Gasteiger partial charge >= 0.3 is 11.9 Å². The highest BCUT2D eigenvalue weighted by molar-refractivity contribution is 5.81. The molecule has 0 saturated carbocycles. The van der Waals surface area contributed by atoms with Crippen LogP contribution in [-0.4, -0.2) is 36.4 Å². The van der Waals surface area contributed by atoms with Crippen LogP contribution in [0.1, 0.15) is 106 Å². The van der Waals surface area contributed by atoms with Gasteiger partial charge in [0.25, 0.3) is 0 Å². The summed E-state index contributed by atoms with van der Waals surface area (Å²) < 4.78 is 16.5. The largest absolute Gasteiger partial charge is 0.457 e. The van der Waals surface area contributed by atoms with E-state index in [1.54, 1.807) is 27.7 Å². The molecule has 0 bridgehead atoms. The molecule has 0 rings (SSSR count). The van der Waals surface area contributed by atoms with Crippen molar-refractivity contribution in [2.24, 2.45) is 0 Å². The fourth-order valence-electron chi connectivity index (χ4n) is 3.19. The summed E-state index contributed by atoms with van der Waals surface area (Å²) in [5.74, 6) is -1.02. The zero-order chi connectivity index (χ0) is 27.8. The van der Waals surface area contributed by atoms with Crippen LogP contribution in [0.5, 0.6) is 0 Å². The second-order valence-corrected chi connectivity index (χ2v) is 9.84. The van der Waals surface area contributed by atoms with Crippen molar-refractivity contribution in [3.63, 3.8) is 0 Å². The fraction of sp³-hybridized carbons (Fsp3) is 0.625. The van der Waals surface area contributed by atoms with Crippen LogP contribution in [0.3, 0.4) is 0 Å². The summed E-state index contributed by atoms with van der Waals surface area (Å²) in [6, 6.07) is 0. The van der Waals surface area contributed by atoms with E-state index in [1.165, 1.54) is 0 Å². The number of rotatable bonds is 20. The summed E-state index contributed by atoms with van der Waals surface area (Å²) in [7, 11) is 0. The Hall–Kier alpha value is -2.40. The number of carbonyl (C=O) groups is 2. The lowest BCUT2D eigenvalue weighted by Crippen LogP contribution is -2.37. The van der Waals surface area contributed by atoms with E-state index in [1.807, 2.05) is 6.92 Å². The van der Waals surface area contributed by atoms with E-state index in [0.29, 0.717) is 19.4 Å². The molecule has 2 atom stereocenters. The first-order valence-electron chi connectivity index (χ1n) is 14.0. The Labute approximate surface area is 226 Å².